The Bertz CT molecular complexity index is 644. The molecule has 1 aromatic carbocycles. The maximum Gasteiger partial charge on any atom is 0.326 e. The summed E-state index contributed by atoms with van der Waals surface area (Å²) >= 11 is 4.22. The van der Waals surface area contributed by atoms with E-state index < -0.39 is 12.0 Å². The van der Waals surface area contributed by atoms with Crippen LogP contribution in [-0.4, -0.2) is 35.5 Å². The zero-order valence-electron chi connectivity index (χ0n) is 15.2. The summed E-state index contributed by atoms with van der Waals surface area (Å²) in [5, 5.41) is 15.6. The number of amides is 1. The Hall–Kier alpha value is -2.28. The van der Waals surface area contributed by atoms with Gasteiger partial charge in [-0.1, -0.05) is 44.7 Å². The summed E-state index contributed by atoms with van der Waals surface area (Å²) in [6, 6.07) is 6.24. The largest absolute Gasteiger partial charge is 0.480 e. The number of nitrogens with one attached hydrogen (secondary N) is 2. The van der Waals surface area contributed by atoms with Crippen LogP contribution in [0.1, 0.15) is 31.4 Å². The van der Waals surface area contributed by atoms with Gasteiger partial charge in [0, 0.05) is 24.8 Å². The summed E-state index contributed by atoms with van der Waals surface area (Å²) in [6.07, 6.45) is 0.866. The molecule has 0 fully saturated rings. The number of benzene rings is 1. The van der Waals surface area contributed by atoms with Crippen molar-refractivity contribution in [2.75, 3.05) is 5.75 Å². The van der Waals surface area contributed by atoms with E-state index in [0.717, 1.165) is 11.1 Å². The van der Waals surface area contributed by atoms with Gasteiger partial charge in [0.25, 0.3) is 0 Å². The van der Waals surface area contributed by atoms with Crippen LogP contribution in [0.15, 0.2) is 35.9 Å². The highest BCUT2D eigenvalue weighted by molar-refractivity contribution is 7.80. The number of carboxylic acid groups (broad SMARTS) is 1. The number of carbonyl (C=O) groups excluding carboxylic acids is 1. The summed E-state index contributed by atoms with van der Waals surface area (Å²) < 4.78 is 0. The monoisotopic (exact) mass is 377 g/mol. The van der Waals surface area contributed by atoms with Crippen LogP contribution in [0.25, 0.3) is 5.70 Å². The molecule has 2 atom stereocenters. The number of rotatable bonds is 11. The van der Waals surface area contributed by atoms with Gasteiger partial charge in [0.2, 0.25) is 5.91 Å². The Morgan fingerprint density at radius 3 is 2.35 bits per heavy atom. The standard InChI is InChI=1S/C19H27N3O3S/c1-12(2)9-16(11-26)18(23)21-17(19(24)25)10-14-5-7-15(8-6-14)13(3)22-20-4/h5-8,12,16-17,22,26H,3-4,9-11H2,1-2H3,(H,21,23)(H,24,25)/t16-,17?/m1/s1. The van der Waals surface area contributed by atoms with Gasteiger partial charge in [-0.15, -0.1) is 0 Å². The molecule has 0 aromatic heterocycles. The van der Waals surface area contributed by atoms with Gasteiger partial charge < -0.3 is 10.4 Å². The molecule has 3 N–H and O–H groups in total. The molecule has 0 aliphatic rings. The maximum atomic E-state index is 12.4. The van der Waals surface area contributed by atoms with Gasteiger partial charge >= 0.3 is 5.97 Å². The van der Waals surface area contributed by atoms with Crippen LogP contribution >= 0.6 is 12.6 Å². The Balaban J connectivity index is 2.79. The molecule has 1 amide bonds. The van der Waals surface area contributed by atoms with Gasteiger partial charge in [-0.3, -0.25) is 10.2 Å². The molecule has 0 heterocycles. The van der Waals surface area contributed by atoms with Gasteiger partial charge in [0.05, 0.1) is 5.70 Å². The highest BCUT2D eigenvalue weighted by Gasteiger charge is 2.25. The van der Waals surface area contributed by atoms with E-state index in [1.165, 1.54) is 0 Å². The summed E-state index contributed by atoms with van der Waals surface area (Å²) in [7, 11) is 0. The van der Waals surface area contributed by atoms with Gasteiger partial charge in [0.15, 0.2) is 0 Å². The molecule has 0 aliphatic carbocycles. The average Bonchev–Trinajstić information content (AvgIpc) is 2.59. The first-order valence-corrected chi connectivity index (χ1v) is 9.05. The number of hydrazone groups is 1. The second-order valence-electron chi connectivity index (χ2n) is 6.56. The average molecular weight is 378 g/mol. The second-order valence-corrected chi connectivity index (χ2v) is 6.92. The van der Waals surface area contributed by atoms with Crippen LogP contribution in [0.3, 0.4) is 0 Å². The first-order valence-electron chi connectivity index (χ1n) is 8.42. The highest BCUT2D eigenvalue weighted by Crippen LogP contribution is 2.15. The number of aliphatic carboxylic acids is 1. The van der Waals surface area contributed by atoms with Crippen molar-refractivity contribution in [3.63, 3.8) is 0 Å². The molecule has 7 heteroatoms. The molecule has 26 heavy (non-hydrogen) atoms. The fourth-order valence-electron chi connectivity index (χ4n) is 2.56. The van der Waals surface area contributed by atoms with E-state index in [0.29, 0.717) is 23.8 Å². The van der Waals surface area contributed by atoms with E-state index in [1.807, 2.05) is 26.0 Å². The van der Waals surface area contributed by atoms with Crippen molar-refractivity contribution in [2.45, 2.75) is 32.7 Å². The van der Waals surface area contributed by atoms with Crippen molar-refractivity contribution in [1.29, 1.82) is 0 Å². The van der Waals surface area contributed by atoms with E-state index in [2.05, 4.69) is 41.8 Å². The minimum Gasteiger partial charge on any atom is -0.480 e. The van der Waals surface area contributed by atoms with Crippen molar-refractivity contribution in [1.82, 2.24) is 10.7 Å². The minimum absolute atomic E-state index is 0.196. The Morgan fingerprint density at radius 1 is 1.27 bits per heavy atom. The van der Waals surface area contributed by atoms with Crippen molar-refractivity contribution in [2.24, 2.45) is 16.9 Å². The molecular formula is C19H27N3O3S. The number of hydrogen-bond donors (Lipinski definition) is 4. The molecule has 0 spiro atoms. The lowest BCUT2D eigenvalue weighted by Crippen LogP contribution is -2.45. The lowest BCUT2D eigenvalue weighted by molar-refractivity contribution is -0.142. The van der Waals surface area contributed by atoms with E-state index in [4.69, 9.17) is 0 Å². The molecule has 0 saturated carbocycles. The van der Waals surface area contributed by atoms with Gasteiger partial charge in [-0.05, 0) is 23.5 Å². The fraction of sp³-hybridized carbons (Fsp3) is 0.421. The second kappa shape index (κ2) is 10.7. The van der Waals surface area contributed by atoms with E-state index in [1.54, 1.807) is 12.1 Å². The van der Waals surface area contributed by atoms with Crippen LogP contribution in [0.4, 0.5) is 0 Å². The van der Waals surface area contributed by atoms with Crippen molar-refractivity contribution in [3.8, 4) is 0 Å². The van der Waals surface area contributed by atoms with Crippen molar-refractivity contribution in [3.05, 3.63) is 42.0 Å². The van der Waals surface area contributed by atoms with Crippen LogP contribution in [0.5, 0.6) is 0 Å². The molecule has 0 bridgehead atoms. The highest BCUT2D eigenvalue weighted by atomic mass is 32.1. The zero-order valence-corrected chi connectivity index (χ0v) is 16.1. The molecule has 0 aliphatic heterocycles. The van der Waals surface area contributed by atoms with E-state index in [9.17, 15) is 14.7 Å². The minimum atomic E-state index is -1.06. The number of carbonyl (C=O) groups is 2. The summed E-state index contributed by atoms with van der Waals surface area (Å²) in [6.45, 7) is 11.2. The fourth-order valence-corrected chi connectivity index (χ4v) is 2.88. The third-order valence-electron chi connectivity index (χ3n) is 3.92. The molecule has 1 unspecified atom stereocenters. The summed E-state index contributed by atoms with van der Waals surface area (Å²) in [4.78, 5) is 23.9. The van der Waals surface area contributed by atoms with Gasteiger partial charge in [-0.2, -0.15) is 17.7 Å². The van der Waals surface area contributed by atoms with Crippen LogP contribution in [0, 0.1) is 11.8 Å². The van der Waals surface area contributed by atoms with Crippen molar-refractivity contribution < 1.29 is 14.7 Å². The smallest absolute Gasteiger partial charge is 0.326 e. The zero-order chi connectivity index (χ0) is 19.7. The quantitative estimate of drug-likeness (QED) is 0.271. The molecule has 6 nitrogen and oxygen atoms in total. The Kier molecular flexibility index (Phi) is 8.92. The van der Waals surface area contributed by atoms with Crippen LogP contribution in [0.2, 0.25) is 0 Å². The molecule has 1 rings (SSSR count). The summed E-state index contributed by atoms with van der Waals surface area (Å²) in [5.41, 5.74) is 4.88. The van der Waals surface area contributed by atoms with Crippen LogP contribution < -0.4 is 10.7 Å². The summed E-state index contributed by atoms with van der Waals surface area (Å²) in [5.74, 6) is -0.916. The normalized spacial score (nSPS) is 12.9. The molecule has 142 valence electrons. The molecular weight excluding hydrogens is 350 g/mol. The lowest BCUT2D eigenvalue weighted by Gasteiger charge is -2.20. The maximum absolute atomic E-state index is 12.4. The van der Waals surface area contributed by atoms with Gasteiger partial charge in [-0.25, -0.2) is 4.79 Å². The Morgan fingerprint density at radius 2 is 1.88 bits per heavy atom. The number of nitrogens with zero attached hydrogens (tertiary/aromatic N) is 1. The number of hydrogen-bond acceptors (Lipinski definition) is 5. The predicted octanol–water partition coefficient (Wildman–Crippen LogP) is 2.57. The van der Waals surface area contributed by atoms with Gasteiger partial charge in [0.1, 0.15) is 6.04 Å². The lowest BCUT2D eigenvalue weighted by atomic mass is 9.97. The number of thiol groups is 1. The Labute approximate surface area is 160 Å². The first kappa shape index (κ1) is 21.8. The molecule has 0 radical (unpaired) electrons. The van der Waals surface area contributed by atoms with Crippen LogP contribution in [-0.2, 0) is 16.0 Å². The molecule has 1 aromatic rings. The van der Waals surface area contributed by atoms with E-state index in [-0.39, 0.29) is 18.2 Å². The van der Waals surface area contributed by atoms with E-state index >= 15 is 0 Å². The predicted molar refractivity (Wildman–Crippen MR) is 108 cm³/mol. The molecule has 0 saturated heterocycles. The topological polar surface area (TPSA) is 90.8 Å². The third-order valence-corrected chi connectivity index (χ3v) is 4.36. The number of carboxylic acids is 1. The third kappa shape index (κ3) is 6.92. The SMILES string of the molecule is C=NNC(=C)c1ccc(CC(NC(=O)[C@@H](CS)CC(C)C)C(=O)O)cc1. The van der Waals surface area contributed by atoms with Crippen molar-refractivity contribution >= 4 is 36.9 Å². The first-order chi connectivity index (χ1) is 12.3.